The Kier molecular flexibility index (Phi) is 5.41. The number of nitrogens with one attached hydrogen (secondary N) is 2. The highest BCUT2D eigenvalue weighted by molar-refractivity contribution is 6.07. The summed E-state index contributed by atoms with van der Waals surface area (Å²) in [5, 5.41) is 5.34. The maximum atomic E-state index is 12.9. The Labute approximate surface area is 155 Å². The third kappa shape index (κ3) is 4.66. The molecule has 0 radical (unpaired) electrons. The fourth-order valence-electron chi connectivity index (χ4n) is 2.30. The summed E-state index contributed by atoms with van der Waals surface area (Å²) in [6, 6.07) is 15.1. The highest BCUT2D eigenvalue weighted by Gasteiger charge is 2.12. The van der Waals surface area contributed by atoms with Gasteiger partial charge in [0.2, 0.25) is 0 Å². The van der Waals surface area contributed by atoms with Gasteiger partial charge >= 0.3 is 0 Å². The Morgan fingerprint density at radius 3 is 2.11 bits per heavy atom. The minimum Gasteiger partial charge on any atom is -0.497 e. The van der Waals surface area contributed by atoms with Crippen molar-refractivity contribution in [3.8, 4) is 5.75 Å². The molecule has 0 saturated carbocycles. The van der Waals surface area contributed by atoms with Gasteiger partial charge in [0, 0.05) is 23.1 Å². The number of hydrogen-bond donors (Lipinski definition) is 2. The molecule has 0 fully saturated rings. The molecule has 7 heteroatoms. The molecule has 136 valence electrons. The van der Waals surface area contributed by atoms with Crippen LogP contribution >= 0.6 is 0 Å². The Balaban J connectivity index is 1.70. The number of amides is 2. The first-order chi connectivity index (χ1) is 13.0. The van der Waals surface area contributed by atoms with Gasteiger partial charge in [-0.15, -0.1) is 0 Å². The first kappa shape index (κ1) is 18.1. The molecule has 0 aliphatic carbocycles. The molecule has 0 bridgehead atoms. The van der Waals surface area contributed by atoms with Crippen molar-refractivity contribution >= 4 is 23.2 Å². The van der Waals surface area contributed by atoms with Crippen LogP contribution in [0.15, 0.2) is 66.9 Å². The second kappa shape index (κ2) is 8.09. The van der Waals surface area contributed by atoms with Gasteiger partial charge < -0.3 is 15.4 Å². The summed E-state index contributed by atoms with van der Waals surface area (Å²) >= 11 is 0. The molecular weight excluding hydrogens is 349 g/mol. The van der Waals surface area contributed by atoms with Crippen molar-refractivity contribution in [3.63, 3.8) is 0 Å². The lowest BCUT2D eigenvalue weighted by molar-refractivity contribution is 0.102. The maximum Gasteiger partial charge on any atom is 0.274 e. The standard InChI is InChI=1S/C20H16FN3O3/c1-27-17-8-6-16(7-9-17)24-20(26)18-12-13(10-11-22-18)19(25)23-15-4-2-14(21)3-5-15/h2-12H,1H3,(H,23,25)(H,24,26). The number of halogens is 1. The summed E-state index contributed by atoms with van der Waals surface area (Å²) in [5.74, 6) is -0.598. The maximum absolute atomic E-state index is 12.9. The smallest absolute Gasteiger partial charge is 0.274 e. The number of carbonyl (C=O) groups is 2. The summed E-state index contributed by atoms with van der Waals surface area (Å²) in [5.41, 5.74) is 1.37. The van der Waals surface area contributed by atoms with Gasteiger partial charge in [0.15, 0.2) is 0 Å². The van der Waals surface area contributed by atoms with Crippen molar-refractivity contribution in [2.75, 3.05) is 17.7 Å². The highest BCUT2D eigenvalue weighted by atomic mass is 19.1. The summed E-state index contributed by atoms with van der Waals surface area (Å²) in [7, 11) is 1.56. The normalized spacial score (nSPS) is 10.1. The molecule has 0 aliphatic rings. The van der Waals surface area contributed by atoms with Gasteiger partial charge in [0.1, 0.15) is 17.3 Å². The Morgan fingerprint density at radius 1 is 0.889 bits per heavy atom. The predicted molar refractivity (Wildman–Crippen MR) is 99.5 cm³/mol. The zero-order chi connectivity index (χ0) is 19.2. The van der Waals surface area contributed by atoms with Crippen LogP contribution in [0.3, 0.4) is 0 Å². The van der Waals surface area contributed by atoms with Crippen LogP contribution < -0.4 is 15.4 Å². The number of anilines is 2. The fourth-order valence-corrected chi connectivity index (χ4v) is 2.30. The van der Waals surface area contributed by atoms with Gasteiger partial charge in [-0.25, -0.2) is 4.39 Å². The summed E-state index contributed by atoms with van der Waals surface area (Å²) < 4.78 is 18.0. The molecule has 1 aromatic heterocycles. The molecule has 6 nitrogen and oxygen atoms in total. The average molecular weight is 365 g/mol. The van der Waals surface area contributed by atoms with Crippen LogP contribution in [0.25, 0.3) is 0 Å². The van der Waals surface area contributed by atoms with Crippen molar-refractivity contribution in [1.29, 1.82) is 0 Å². The largest absolute Gasteiger partial charge is 0.497 e. The van der Waals surface area contributed by atoms with Crippen LogP contribution in [0, 0.1) is 5.82 Å². The second-order valence-corrected chi connectivity index (χ2v) is 5.57. The lowest BCUT2D eigenvalue weighted by Crippen LogP contribution is -2.17. The molecule has 2 N–H and O–H groups in total. The number of pyridine rings is 1. The number of methoxy groups -OCH3 is 1. The molecule has 0 spiro atoms. The molecule has 3 rings (SSSR count). The fraction of sp³-hybridized carbons (Fsp3) is 0.0500. The molecule has 0 saturated heterocycles. The van der Waals surface area contributed by atoms with E-state index in [0.29, 0.717) is 17.1 Å². The molecule has 0 aliphatic heterocycles. The van der Waals surface area contributed by atoms with E-state index in [1.165, 1.54) is 42.6 Å². The number of ether oxygens (including phenoxy) is 1. The van der Waals surface area contributed by atoms with E-state index in [4.69, 9.17) is 4.74 Å². The minimum absolute atomic E-state index is 0.0950. The van der Waals surface area contributed by atoms with Crippen LogP contribution in [-0.4, -0.2) is 23.9 Å². The van der Waals surface area contributed by atoms with Crippen LogP contribution in [0.2, 0.25) is 0 Å². The lowest BCUT2D eigenvalue weighted by atomic mass is 10.2. The zero-order valence-electron chi connectivity index (χ0n) is 14.4. The monoisotopic (exact) mass is 365 g/mol. The van der Waals surface area contributed by atoms with Crippen molar-refractivity contribution < 1.29 is 18.7 Å². The molecule has 2 amide bonds. The topological polar surface area (TPSA) is 80.3 Å². The van der Waals surface area contributed by atoms with E-state index in [1.54, 1.807) is 31.4 Å². The highest BCUT2D eigenvalue weighted by Crippen LogP contribution is 2.16. The van der Waals surface area contributed by atoms with Crippen LogP contribution in [0.1, 0.15) is 20.8 Å². The van der Waals surface area contributed by atoms with Crippen LogP contribution in [-0.2, 0) is 0 Å². The second-order valence-electron chi connectivity index (χ2n) is 5.57. The van der Waals surface area contributed by atoms with E-state index in [0.717, 1.165) is 0 Å². The van der Waals surface area contributed by atoms with Gasteiger partial charge in [-0.2, -0.15) is 0 Å². The molecule has 0 atom stereocenters. The van der Waals surface area contributed by atoms with Gasteiger partial charge in [-0.1, -0.05) is 0 Å². The lowest BCUT2D eigenvalue weighted by Gasteiger charge is -2.08. The number of rotatable bonds is 5. The number of benzene rings is 2. The summed E-state index contributed by atoms with van der Waals surface area (Å²) in [4.78, 5) is 28.7. The number of carbonyl (C=O) groups excluding carboxylic acids is 2. The quantitative estimate of drug-likeness (QED) is 0.722. The molecule has 0 unspecified atom stereocenters. The third-order valence-corrected chi connectivity index (χ3v) is 3.70. The number of hydrogen-bond acceptors (Lipinski definition) is 4. The SMILES string of the molecule is COc1ccc(NC(=O)c2cc(C(=O)Nc3ccc(F)cc3)ccn2)cc1. The molecular formula is C20H16FN3O3. The van der Waals surface area contributed by atoms with E-state index >= 15 is 0 Å². The van der Waals surface area contributed by atoms with E-state index in [-0.39, 0.29) is 11.3 Å². The van der Waals surface area contributed by atoms with Gasteiger partial charge in [0.05, 0.1) is 7.11 Å². The van der Waals surface area contributed by atoms with Crippen molar-refractivity contribution in [2.45, 2.75) is 0 Å². The Morgan fingerprint density at radius 2 is 1.48 bits per heavy atom. The number of aromatic nitrogens is 1. The molecule has 3 aromatic rings. The molecule has 27 heavy (non-hydrogen) atoms. The van der Waals surface area contributed by atoms with Crippen molar-refractivity contribution in [1.82, 2.24) is 4.98 Å². The van der Waals surface area contributed by atoms with E-state index in [1.807, 2.05) is 0 Å². The van der Waals surface area contributed by atoms with E-state index in [2.05, 4.69) is 15.6 Å². The zero-order valence-corrected chi connectivity index (χ0v) is 14.4. The molecule has 1 heterocycles. The van der Waals surface area contributed by atoms with Gasteiger partial charge in [0.25, 0.3) is 11.8 Å². The summed E-state index contributed by atoms with van der Waals surface area (Å²) in [6.07, 6.45) is 1.38. The summed E-state index contributed by atoms with van der Waals surface area (Å²) in [6.45, 7) is 0. The van der Waals surface area contributed by atoms with Gasteiger partial charge in [-0.3, -0.25) is 14.6 Å². The van der Waals surface area contributed by atoms with Crippen molar-refractivity contribution in [2.24, 2.45) is 0 Å². The van der Waals surface area contributed by atoms with E-state index in [9.17, 15) is 14.0 Å². The van der Waals surface area contributed by atoms with E-state index < -0.39 is 17.6 Å². The predicted octanol–water partition coefficient (Wildman–Crippen LogP) is 3.73. The first-order valence-corrected chi connectivity index (χ1v) is 8.03. The Hall–Kier alpha value is -3.74. The van der Waals surface area contributed by atoms with Crippen molar-refractivity contribution in [3.05, 3.63) is 83.9 Å². The third-order valence-electron chi connectivity index (χ3n) is 3.70. The Bertz CT molecular complexity index is 957. The molecule has 2 aromatic carbocycles. The average Bonchev–Trinajstić information content (AvgIpc) is 2.70. The van der Waals surface area contributed by atoms with Crippen LogP contribution in [0.5, 0.6) is 5.75 Å². The van der Waals surface area contributed by atoms with Crippen LogP contribution in [0.4, 0.5) is 15.8 Å². The first-order valence-electron chi connectivity index (χ1n) is 8.03. The van der Waals surface area contributed by atoms with Gasteiger partial charge in [-0.05, 0) is 60.7 Å². The number of nitrogens with zero attached hydrogens (tertiary/aromatic N) is 1. The minimum atomic E-state index is -0.448.